The molecule has 6 heteroatoms. The molecule has 164 valence electrons. The molecule has 5 rings (SSSR count). The van der Waals surface area contributed by atoms with Crippen LogP contribution < -0.4 is 0 Å². The minimum absolute atomic E-state index is 0.0268. The van der Waals surface area contributed by atoms with Crippen LogP contribution in [0.3, 0.4) is 0 Å². The quantitative estimate of drug-likeness (QED) is 0.691. The molecule has 2 aliphatic heterocycles. The molecule has 2 aromatic rings. The largest absolute Gasteiger partial charge is 0.472 e. The summed E-state index contributed by atoms with van der Waals surface area (Å²) in [6.45, 7) is 7.29. The SMILES string of the molecule is CC(C)CN1C(=O)N(C2Cc3ccccc3C2)C(=O)C12CCN(Cc1ccoc1)CC2. The number of nitrogens with zero attached hydrogens (tertiary/aromatic N) is 3. The molecule has 1 aromatic carbocycles. The summed E-state index contributed by atoms with van der Waals surface area (Å²) in [7, 11) is 0. The molecule has 0 bridgehead atoms. The highest BCUT2D eigenvalue weighted by Crippen LogP contribution is 2.41. The second-order valence-corrected chi connectivity index (χ2v) is 9.73. The van der Waals surface area contributed by atoms with Gasteiger partial charge < -0.3 is 9.32 Å². The van der Waals surface area contributed by atoms with Gasteiger partial charge in [-0.15, -0.1) is 0 Å². The fraction of sp³-hybridized carbons (Fsp3) is 0.520. The highest BCUT2D eigenvalue weighted by molar-refractivity contribution is 6.07. The highest BCUT2D eigenvalue weighted by Gasteiger charge is 2.59. The number of carbonyl (C=O) groups excluding carboxylic acids is 2. The normalized spacial score (nSPS) is 21.6. The van der Waals surface area contributed by atoms with Gasteiger partial charge in [0.2, 0.25) is 0 Å². The van der Waals surface area contributed by atoms with E-state index in [1.807, 2.05) is 23.1 Å². The Kier molecular flexibility index (Phi) is 5.13. The summed E-state index contributed by atoms with van der Waals surface area (Å²) in [5, 5.41) is 0. The predicted octanol–water partition coefficient (Wildman–Crippen LogP) is 3.70. The molecule has 2 fully saturated rings. The molecule has 0 unspecified atom stereocenters. The van der Waals surface area contributed by atoms with Crippen molar-refractivity contribution < 1.29 is 14.0 Å². The first-order valence-corrected chi connectivity index (χ1v) is 11.4. The van der Waals surface area contributed by atoms with Crippen molar-refractivity contribution in [2.45, 2.75) is 57.7 Å². The van der Waals surface area contributed by atoms with Crippen LogP contribution in [0.15, 0.2) is 47.3 Å². The molecule has 3 heterocycles. The van der Waals surface area contributed by atoms with Crippen LogP contribution in [0, 0.1) is 5.92 Å². The topological polar surface area (TPSA) is 57.0 Å². The summed E-state index contributed by atoms with van der Waals surface area (Å²) in [6, 6.07) is 10.2. The zero-order valence-corrected chi connectivity index (χ0v) is 18.4. The van der Waals surface area contributed by atoms with E-state index in [9.17, 15) is 9.59 Å². The zero-order valence-electron chi connectivity index (χ0n) is 18.4. The molecule has 0 saturated carbocycles. The average Bonchev–Trinajstić information content (AvgIpc) is 3.45. The van der Waals surface area contributed by atoms with Crippen LogP contribution in [-0.2, 0) is 24.2 Å². The summed E-state index contributed by atoms with van der Waals surface area (Å²) in [5.74, 6) is 0.345. The smallest absolute Gasteiger partial charge is 0.327 e. The summed E-state index contributed by atoms with van der Waals surface area (Å²) in [5.41, 5.74) is 2.98. The summed E-state index contributed by atoms with van der Waals surface area (Å²) in [4.78, 5) is 33.4. The van der Waals surface area contributed by atoms with Gasteiger partial charge in [0.25, 0.3) is 5.91 Å². The molecule has 0 atom stereocenters. The molecule has 3 amide bonds. The van der Waals surface area contributed by atoms with Crippen LogP contribution >= 0.6 is 0 Å². The molecule has 0 N–H and O–H groups in total. The van der Waals surface area contributed by atoms with E-state index in [2.05, 4.69) is 30.9 Å². The van der Waals surface area contributed by atoms with Crippen LogP contribution in [0.4, 0.5) is 4.79 Å². The maximum atomic E-state index is 13.9. The monoisotopic (exact) mass is 421 g/mol. The number of imide groups is 1. The Labute approximate surface area is 183 Å². The Morgan fingerprint density at radius 2 is 1.74 bits per heavy atom. The predicted molar refractivity (Wildman–Crippen MR) is 117 cm³/mol. The van der Waals surface area contributed by atoms with E-state index in [1.165, 1.54) is 11.1 Å². The third-order valence-corrected chi connectivity index (χ3v) is 7.18. The van der Waals surface area contributed by atoms with E-state index in [-0.39, 0.29) is 18.0 Å². The van der Waals surface area contributed by atoms with Gasteiger partial charge in [-0.25, -0.2) is 4.79 Å². The Bertz CT molecular complexity index is 935. The molecule has 1 aromatic heterocycles. The van der Waals surface area contributed by atoms with Crippen molar-refractivity contribution in [3.63, 3.8) is 0 Å². The zero-order chi connectivity index (χ0) is 21.6. The van der Waals surface area contributed by atoms with E-state index >= 15 is 0 Å². The van der Waals surface area contributed by atoms with Crippen molar-refractivity contribution in [1.82, 2.24) is 14.7 Å². The van der Waals surface area contributed by atoms with E-state index in [0.717, 1.165) is 38.0 Å². The lowest BCUT2D eigenvalue weighted by Crippen LogP contribution is -2.57. The lowest BCUT2D eigenvalue weighted by molar-refractivity contribution is -0.137. The Balaban J connectivity index is 1.37. The number of piperidine rings is 1. The second kappa shape index (κ2) is 7.83. The van der Waals surface area contributed by atoms with Crippen molar-refractivity contribution in [1.29, 1.82) is 0 Å². The highest BCUT2D eigenvalue weighted by atomic mass is 16.3. The third kappa shape index (κ3) is 3.47. The van der Waals surface area contributed by atoms with Gasteiger partial charge in [0.15, 0.2) is 0 Å². The Hall–Kier alpha value is -2.60. The van der Waals surface area contributed by atoms with Crippen molar-refractivity contribution >= 4 is 11.9 Å². The van der Waals surface area contributed by atoms with Crippen LogP contribution in [-0.4, -0.2) is 57.9 Å². The number of fused-ring (bicyclic) bond motifs is 1. The van der Waals surface area contributed by atoms with Gasteiger partial charge in [0, 0.05) is 37.8 Å². The molecule has 2 saturated heterocycles. The number of rotatable bonds is 5. The standard InChI is InChI=1S/C25H31N3O3/c1-18(2)15-27-24(30)28(22-13-20-5-3-4-6-21(20)14-22)23(29)25(27)8-10-26(11-9-25)16-19-7-12-31-17-19/h3-7,12,17-18,22H,8-11,13-16H2,1-2H3. The van der Waals surface area contributed by atoms with Gasteiger partial charge in [-0.3, -0.25) is 14.6 Å². The number of hydrogen-bond acceptors (Lipinski definition) is 4. The minimum Gasteiger partial charge on any atom is -0.472 e. The fourth-order valence-corrected chi connectivity index (χ4v) is 5.60. The van der Waals surface area contributed by atoms with E-state index in [0.29, 0.717) is 25.3 Å². The van der Waals surface area contributed by atoms with Crippen LogP contribution in [0.1, 0.15) is 43.4 Å². The molecule has 1 aliphatic carbocycles. The number of urea groups is 1. The lowest BCUT2D eigenvalue weighted by Gasteiger charge is -2.42. The summed E-state index contributed by atoms with van der Waals surface area (Å²) >= 11 is 0. The maximum absolute atomic E-state index is 13.9. The number of likely N-dealkylation sites (tertiary alicyclic amines) is 1. The van der Waals surface area contributed by atoms with E-state index in [4.69, 9.17) is 4.42 Å². The van der Waals surface area contributed by atoms with Crippen molar-refractivity contribution in [3.8, 4) is 0 Å². The van der Waals surface area contributed by atoms with Crippen LogP contribution in [0.25, 0.3) is 0 Å². The van der Waals surface area contributed by atoms with Gasteiger partial charge in [0.05, 0.1) is 12.5 Å². The van der Waals surface area contributed by atoms with Gasteiger partial charge in [-0.2, -0.15) is 0 Å². The first-order chi connectivity index (χ1) is 15.0. The van der Waals surface area contributed by atoms with Gasteiger partial charge in [-0.05, 0) is 48.8 Å². The molecule has 31 heavy (non-hydrogen) atoms. The molecular weight excluding hydrogens is 390 g/mol. The van der Waals surface area contributed by atoms with Crippen molar-refractivity contribution in [2.24, 2.45) is 5.92 Å². The van der Waals surface area contributed by atoms with Crippen molar-refractivity contribution in [3.05, 3.63) is 59.5 Å². The molecule has 6 nitrogen and oxygen atoms in total. The van der Waals surface area contributed by atoms with Gasteiger partial charge in [0.1, 0.15) is 5.54 Å². The first kappa shape index (κ1) is 20.3. The summed E-state index contributed by atoms with van der Waals surface area (Å²) < 4.78 is 5.20. The van der Waals surface area contributed by atoms with E-state index < -0.39 is 5.54 Å². The number of hydrogen-bond donors (Lipinski definition) is 0. The number of carbonyl (C=O) groups is 2. The molecular formula is C25H31N3O3. The first-order valence-electron chi connectivity index (χ1n) is 11.4. The van der Waals surface area contributed by atoms with Crippen LogP contribution in [0.2, 0.25) is 0 Å². The number of benzene rings is 1. The average molecular weight is 422 g/mol. The molecule has 3 aliphatic rings. The molecule has 1 spiro atoms. The molecule has 0 radical (unpaired) electrons. The van der Waals surface area contributed by atoms with Gasteiger partial charge in [-0.1, -0.05) is 38.1 Å². The number of furan rings is 1. The third-order valence-electron chi connectivity index (χ3n) is 7.18. The number of amides is 3. The summed E-state index contributed by atoms with van der Waals surface area (Å²) in [6.07, 6.45) is 6.40. The minimum atomic E-state index is -0.691. The van der Waals surface area contributed by atoms with Crippen molar-refractivity contribution in [2.75, 3.05) is 19.6 Å². The van der Waals surface area contributed by atoms with E-state index in [1.54, 1.807) is 17.4 Å². The van der Waals surface area contributed by atoms with Crippen LogP contribution in [0.5, 0.6) is 0 Å². The fourth-order valence-electron chi connectivity index (χ4n) is 5.60. The Morgan fingerprint density at radius 1 is 1.06 bits per heavy atom. The second-order valence-electron chi connectivity index (χ2n) is 9.73. The lowest BCUT2D eigenvalue weighted by atomic mass is 9.85. The maximum Gasteiger partial charge on any atom is 0.327 e. The Morgan fingerprint density at radius 3 is 2.32 bits per heavy atom. The van der Waals surface area contributed by atoms with Gasteiger partial charge >= 0.3 is 6.03 Å².